The van der Waals surface area contributed by atoms with Crippen molar-refractivity contribution in [2.45, 2.75) is 68.0 Å². The standard InChI is InChI=1S/C21H29NO3S/c1-2-21-16(12-20(24)25-21)11-17(13-22-10-6-5-9-19(21)22)26-14-15-7-3-4-8-18(15)23/h3-4,7-8,12,17,19-20,23-24H,2,5-6,9-11,13-14H2,1H3/t17?,19-,20?,21+/m1/s1. The molecule has 0 bridgehead atoms. The zero-order valence-electron chi connectivity index (χ0n) is 15.4. The lowest BCUT2D eigenvalue weighted by molar-refractivity contribution is -0.158. The van der Waals surface area contributed by atoms with Crippen molar-refractivity contribution in [2.24, 2.45) is 0 Å². The van der Waals surface area contributed by atoms with Crippen molar-refractivity contribution in [3.05, 3.63) is 41.5 Å². The molecule has 0 radical (unpaired) electrons. The van der Waals surface area contributed by atoms with E-state index in [1.54, 1.807) is 6.07 Å². The summed E-state index contributed by atoms with van der Waals surface area (Å²) in [6.07, 6.45) is 6.68. The zero-order valence-corrected chi connectivity index (χ0v) is 16.3. The van der Waals surface area contributed by atoms with E-state index in [1.165, 1.54) is 18.4 Å². The summed E-state index contributed by atoms with van der Waals surface area (Å²) in [7, 11) is 0. The molecule has 1 aromatic carbocycles. The molecular formula is C21H29NO3S. The van der Waals surface area contributed by atoms with Crippen molar-refractivity contribution in [1.29, 1.82) is 0 Å². The van der Waals surface area contributed by atoms with Crippen molar-refractivity contribution in [3.63, 3.8) is 0 Å². The molecule has 142 valence electrons. The van der Waals surface area contributed by atoms with Crippen LogP contribution in [0.3, 0.4) is 0 Å². The summed E-state index contributed by atoms with van der Waals surface area (Å²) < 4.78 is 6.15. The molecular weight excluding hydrogens is 346 g/mol. The number of aromatic hydroxyl groups is 1. The first kappa shape index (κ1) is 18.4. The average Bonchev–Trinajstić information content (AvgIpc) is 2.91. The Hall–Kier alpha value is -1.01. The molecule has 0 aliphatic carbocycles. The van der Waals surface area contributed by atoms with E-state index in [1.807, 2.05) is 36.0 Å². The van der Waals surface area contributed by atoms with Crippen molar-refractivity contribution >= 4 is 11.8 Å². The van der Waals surface area contributed by atoms with Gasteiger partial charge in [-0.25, -0.2) is 0 Å². The number of rotatable bonds is 4. The molecule has 0 saturated carbocycles. The number of benzene rings is 1. The van der Waals surface area contributed by atoms with Crippen molar-refractivity contribution in [2.75, 3.05) is 13.1 Å². The Bertz CT molecular complexity index is 679. The van der Waals surface area contributed by atoms with Crippen LogP contribution < -0.4 is 0 Å². The number of hydrogen-bond acceptors (Lipinski definition) is 5. The van der Waals surface area contributed by atoms with Crippen LogP contribution in [0.4, 0.5) is 0 Å². The molecule has 3 aliphatic rings. The number of para-hydroxylation sites is 1. The smallest absolute Gasteiger partial charge is 0.175 e. The second-order valence-corrected chi connectivity index (χ2v) is 9.00. The third kappa shape index (κ3) is 3.31. The van der Waals surface area contributed by atoms with Crippen LogP contribution >= 0.6 is 11.8 Å². The van der Waals surface area contributed by atoms with Crippen LogP contribution in [-0.2, 0) is 10.5 Å². The van der Waals surface area contributed by atoms with E-state index in [0.29, 0.717) is 17.0 Å². The fraction of sp³-hybridized carbons (Fsp3) is 0.619. The van der Waals surface area contributed by atoms with Crippen LogP contribution in [0.1, 0.15) is 44.6 Å². The van der Waals surface area contributed by atoms with E-state index in [2.05, 4.69) is 11.8 Å². The molecule has 4 rings (SSSR count). The second-order valence-electron chi connectivity index (χ2n) is 7.72. The lowest BCUT2D eigenvalue weighted by atomic mass is 9.79. The molecule has 0 spiro atoms. The van der Waals surface area contributed by atoms with Gasteiger partial charge in [-0.15, -0.1) is 0 Å². The summed E-state index contributed by atoms with van der Waals surface area (Å²) in [5, 5.41) is 20.7. The maximum Gasteiger partial charge on any atom is 0.175 e. The van der Waals surface area contributed by atoms with E-state index in [4.69, 9.17) is 4.74 Å². The maximum atomic E-state index is 10.2. The highest BCUT2D eigenvalue weighted by Gasteiger charge is 2.52. The van der Waals surface area contributed by atoms with Crippen LogP contribution in [0.5, 0.6) is 5.75 Å². The summed E-state index contributed by atoms with van der Waals surface area (Å²) in [6.45, 7) is 4.36. The molecule has 2 N–H and O–H groups in total. The Morgan fingerprint density at radius 1 is 1.31 bits per heavy atom. The molecule has 3 aliphatic heterocycles. The van der Waals surface area contributed by atoms with Crippen LogP contribution in [0.15, 0.2) is 35.9 Å². The van der Waals surface area contributed by atoms with Gasteiger partial charge in [0.05, 0.1) is 0 Å². The van der Waals surface area contributed by atoms with Crippen molar-refractivity contribution in [1.82, 2.24) is 4.90 Å². The molecule has 2 unspecified atom stereocenters. The first-order valence-electron chi connectivity index (χ1n) is 9.82. The third-order valence-electron chi connectivity index (χ3n) is 6.25. The van der Waals surface area contributed by atoms with E-state index in [-0.39, 0.29) is 5.60 Å². The minimum absolute atomic E-state index is 0.315. The average molecular weight is 376 g/mol. The fourth-order valence-corrected chi connectivity index (χ4v) is 6.23. The number of piperidine rings is 1. The topological polar surface area (TPSA) is 52.9 Å². The number of fused-ring (bicyclic) bond motifs is 3. The molecule has 1 aromatic rings. The first-order chi connectivity index (χ1) is 12.6. The Balaban J connectivity index is 1.56. The molecule has 3 heterocycles. The predicted molar refractivity (Wildman–Crippen MR) is 105 cm³/mol. The Kier molecular flexibility index (Phi) is 5.33. The molecule has 0 aromatic heterocycles. The van der Waals surface area contributed by atoms with Gasteiger partial charge in [-0.1, -0.05) is 31.5 Å². The predicted octanol–water partition coefficient (Wildman–Crippen LogP) is 3.68. The lowest BCUT2D eigenvalue weighted by Gasteiger charge is -2.45. The summed E-state index contributed by atoms with van der Waals surface area (Å²) in [5.74, 6) is 1.19. The summed E-state index contributed by atoms with van der Waals surface area (Å²) in [6, 6.07) is 7.98. The molecule has 0 amide bonds. The Morgan fingerprint density at radius 2 is 2.15 bits per heavy atom. The monoisotopic (exact) mass is 375 g/mol. The molecule has 2 saturated heterocycles. The maximum absolute atomic E-state index is 10.2. The van der Waals surface area contributed by atoms with E-state index < -0.39 is 6.29 Å². The lowest BCUT2D eigenvalue weighted by Crippen LogP contribution is -2.55. The molecule has 5 heteroatoms. The summed E-state index contributed by atoms with van der Waals surface area (Å²) in [4.78, 5) is 2.61. The van der Waals surface area contributed by atoms with Crippen LogP contribution in [0.2, 0.25) is 0 Å². The largest absolute Gasteiger partial charge is 0.508 e. The van der Waals surface area contributed by atoms with Crippen LogP contribution in [0, 0.1) is 0 Å². The third-order valence-corrected chi connectivity index (χ3v) is 7.51. The minimum atomic E-state index is -0.768. The highest BCUT2D eigenvalue weighted by atomic mass is 32.2. The number of hydrogen-bond donors (Lipinski definition) is 2. The molecule has 2 fully saturated rings. The highest BCUT2D eigenvalue weighted by Crippen LogP contribution is 2.47. The van der Waals surface area contributed by atoms with Gasteiger partial charge in [-0.05, 0) is 49.9 Å². The van der Waals surface area contributed by atoms with Gasteiger partial charge in [-0.2, -0.15) is 11.8 Å². The normalized spacial score (nSPS) is 34.7. The summed E-state index contributed by atoms with van der Waals surface area (Å²) >= 11 is 1.91. The fourth-order valence-electron chi connectivity index (χ4n) is 4.98. The number of phenols is 1. The van der Waals surface area contributed by atoms with Crippen LogP contribution in [-0.4, -0.2) is 51.4 Å². The van der Waals surface area contributed by atoms with E-state index >= 15 is 0 Å². The van der Waals surface area contributed by atoms with E-state index in [9.17, 15) is 10.2 Å². The van der Waals surface area contributed by atoms with Gasteiger partial charge < -0.3 is 14.9 Å². The van der Waals surface area contributed by atoms with Gasteiger partial charge >= 0.3 is 0 Å². The van der Waals surface area contributed by atoms with Gasteiger partial charge in [0.1, 0.15) is 11.4 Å². The van der Waals surface area contributed by atoms with Gasteiger partial charge in [-0.3, -0.25) is 4.90 Å². The minimum Gasteiger partial charge on any atom is -0.508 e. The van der Waals surface area contributed by atoms with Crippen molar-refractivity contribution in [3.8, 4) is 5.75 Å². The van der Waals surface area contributed by atoms with E-state index in [0.717, 1.165) is 43.7 Å². The van der Waals surface area contributed by atoms with Crippen molar-refractivity contribution < 1.29 is 14.9 Å². The number of phenolic OH excluding ortho intramolecular Hbond substituents is 1. The van der Waals surface area contributed by atoms with Gasteiger partial charge in [0.25, 0.3) is 0 Å². The molecule has 4 atom stereocenters. The Morgan fingerprint density at radius 3 is 2.96 bits per heavy atom. The number of thioether (sulfide) groups is 1. The van der Waals surface area contributed by atoms with Gasteiger partial charge in [0.15, 0.2) is 6.29 Å². The zero-order chi connectivity index (χ0) is 18.1. The highest BCUT2D eigenvalue weighted by molar-refractivity contribution is 7.99. The molecule has 26 heavy (non-hydrogen) atoms. The quantitative estimate of drug-likeness (QED) is 0.787. The number of aliphatic hydroxyl groups excluding tert-OH is 1. The number of ether oxygens (including phenoxy) is 1. The number of nitrogens with zero attached hydrogens (tertiary/aromatic N) is 1. The second kappa shape index (κ2) is 7.55. The van der Waals surface area contributed by atoms with Gasteiger partial charge in [0, 0.05) is 29.2 Å². The molecule has 4 nitrogen and oxygen atoms in total. The first-order valence-corrected chi connectivity index (χ1v) is 10.9. The van der Waals surface area contributed by atoms with Crippen LogP contribution in [0.25, 0.3) is 0 Å². The number of aliphatic hydroxyl groups is 1. The Labute approximate surface area is 160 Å². The SMILES string of the molecule is CC[C@]12OC(O)C=C1CC(SCc1ccccc1O)CN1CCCC[C@@H]12. The summed E-state index contributed by atoms with van der Waals surface area (Å²) in [5.41, 5.74) is 1.97. The van der Waals surface area contributed by atoms with Gasteiger partial charge in [0.2, 0.25) is 0 Å².